The molecule has 1 saturated carbocycles. The van der Waals surface area contributed by atoms with Gasteiger partial charge in [0.25, 0.3) is 0 Å². The van der Waals surface area contributed by atoms with E-state index >= 15 is 0 Å². The van der Waals surface area contributed by atoms with E-state index in [1.165, 1.54) is 11.6 Å². The topological polar surface area (TPSA) is 52.6 Å². The molecule has 2 atom stereocenters. The van der Waals surface area contributed by atoms with Crippen LogP contribution < -0.4 is 4.46 Å². The summed E-state index contributed by atoms with van der Waals surface area (Å²) in [5.41, 5.74) is -1.02. The van der Waals surface area contributed by atoms with Crippen molar-refractivity contribution in [1.29, 1.82) is 0 Å². The molecule has 25 heavy (non-hydrogen) atoms. The van der Waals surface area contributed by atoms with Crippen molar-refractivity contribution < 1.29 is 18.8 Å². The number of rotatable bonds is 7. The molecule has 1 aliphatic rings. The summed E-state index contributed by atoms with van der Waals surface area (Å²) in [6.07, 6.45) is 3.24. The fourth-order valence-corrected chi connectivity index (χ4v) is 8.35. The Bertz CT molecular complexity index is 589. The van der Waals surface area contributed by atoms with Crippen LogP contribution in [0.5, 0.6) is 0 Å². The Labute approximate surface area is 158 Å². The first-order valence-corrected chi connectivity index (χ1v) is 14.0. The van der Waals surface area contributed by atoms with Crippen molar-refractivity contribution in [3.63, 3.8) is 0 Å². The van der Waals surface area contributed by atoms with Gasteiger partial charge in [-0.25, -0.2) is 0 Å². The summed E-state index contributed by atoms with van der Waals surface area (Å²) in [6.45, 7) is 6.44. The Morgan fingerprint density at radius 3 is 2.48 bits per heavy atom. The molecule has 138 valence electrons. The number of carbonyl (C=O) groups excluding carboxylic acids is 2. The number of methoxy groups -OCH3 is 1. The molecule has 1 aliphatic carbocycles. The molecule has 0 amide bonds. The summed E-state index contributed by atoms with van der Waals surface area (Å²) >= 11 is 0.0420. The van der Waals surface area contributed by atoms with E-state index in [2.05, 4.69) is 31.8 Å². The Morgan fingerprint density at radius 2 is 1.92 bits per heavy atom. The van der Waals surface area contributed by atoms with Crippen molar-refractivity contribution in [3.8, 4) is 0 Å². The zero-order valence-electron chi connectivity index (χ0n) is 15.5. The van der Waals surface area contributed by atoms with Crippen LogP contribution in [0.1, 0.15) is 32.1 Å². The number of hydrogen-bond acceptors (Lipinski definition) is 4. The molecule has 2 rings (SSSR count). The van der Waals surface area contributed by atoms with Crippen LogP contribution in [0, 0.1) is 5.41 Å². The molecule has 0 N–H and O–H groups in total. The molecule has 0 radical (unpaired) electrons. The van der Waals surface area contributed by atoms with Gasteiger partial charge in [-0.05, 0) is 0 Å². The number of ether oxygens (including phenoxy) is 1. The third-order valence-electron chi connectivity index (χ3n) is 4.38. The van der Waals surface area contributed by atoms with Crippen molar-refractivity contribution in [2.24, 2.45) is 5.41 Å². The minimum atomic E-state index is -1.81. The first kappa shape index (κ1) is 20.4. The summed E-state index contributed by atoms with van der Waals surface area (Å²) in [5, 5.41) is -0.0947. The van der Waals surface area contributed by atoms with Crippen LogP contribution in [0.25, 0.3) is 0 Å². The summed E-state index contributed by atoms with van der Waals surface area (Å²) in [7, 11) is -0.429. The number of Topliss-reactive ketones (excluding diaryl/α,β-unsaturated/α-hetero) is 1. The van der Waals surface area contributed by atoms with E-state index in [-0.39, 0.29) is 31.7 Å². The Morgan fingerprint density at radius 1 is 1.24 bits per heavy atom. The van der Waals surface area contributed by atoms with Gasteiger partial charge in [-0.2, -0.15) is 0 Å². The Hall–Kier alpha value is -0.944. The molecule has 1 aromatic carbocycles. The third-order valence-corrected chi connectivity index (χ3v) is 8.00. The number of ketones is 1. The average Bonchev–Trinajstić information content (AvgIpc) is 2.55. The van der Waals surface area contributed by atoms with Gasteiger partial charge in [-0.15, -0.1) is 0 Å². The van der Waals surface area contributed by atoms with E-state index in [0.717, 1.165) is 12.8 Å². The molecule has 0 spiro atoms. The molecule has 2 unspecified atom stereocenters. The van der Waals surface area contributed by atoms with Crippen molar-refractivity contribution in [3.05, 3.63) is 30.3 Å². The molecule has 0 bridgehead atoms. The molecule has 1 fully saturated rings. The maximum atomic E-state index is 12.7. The first-order chi connectivity index (χ1) is 11.8. The van der Waals surface area contributed by atoms with Crippen LogP contribution in [-0.2, 0) is 18.8 Å². The molecular weight excluding hydrogens is 399 g/mol. The SMILES string of the molecule is COC(=O)C1(CC(O[Si](C)(C)C)[Se]c2ccccc2)CCCCC1=O. The van der Waals surface area contributed by atoms with E-state index in [9.17, 15) is 9.59 Å². The van der Waals surface area contributed by atoms with Crippen LogP contribution in [0.15, 0.2) is 30.3 Å². The molecular formula is C19H28O4SeSi. The zero-order valence-corrected chi connectivity index (χ0v) is 18.3. The second-order valence-corrected chi connectivity index (χ2v) is 14.5. The normalized spacial score (nSPS) is 22.5. The number of benzene rings is 1. The Balaban J connectivity index is 2.28. The average molecular weight is 427 g/mol. The Kier molecular flexibility index (Phi) is 7.03. The second kappa shape index (κ2) is 8.63. The monoisotopic (exact) mass is 428 g/mol. The van der Waals surface area contributed by atoms with Gasteiger partial charge in [0, 0.05) is 0 Å². The summed E-state index contributed by atoms with van der Waals surface area (Å²) < 4.78 is 12.7. The second-order valence-electron chi connectivity index (χ2n) is 7.50. The van der Waals surface area contributed by atoms with Gasteiger partial charge in [0.05, 0.1) is 0 Å². The van der Waals surface area contributed by atoms with Crippen molar-refractivity contribution in [2.75, 3.05) is 7.11 Å². The van der Waals surface area contributed by atoms with Gasteiger partial charge in [0.1, 0.15) is 0 Å². The van der Waals surface area contributed by atoms with Crippen LogP contribution in [0.2, 0.25) is 19.6 Å². The van der Waals surface area contributed by atoms with Gasteiger partial charge in [0.15, 0.2) is 0 Å². The van der Waals surface area contributed by atoms with Gasteiger partial charge in [-0.3, -0.25) is 0 Å². The third kappa shape index (κ3) is 5.51. The van der Waals surface area contributed by atoms with E-state index in [1.54, 1.807) is 0 Å². The summed E-state index contributed by atoms with van der Waals surface area (Å²) in [4.78, 5) is 25.3. The zero-order chi connectivity index (χ0) is 18.5. The molecule has 1 aromatic rings. The van der Waals surface area contributed by atoms with Gasteiger partial charge >= 0.3 is 158 Å². The first-order valence-electron chi connectivity index (χ1n) is 8.78. The molecule has 0 aliphatic heterocycles. The molecule has 0 heterocycles. The van der Waals surface area contributed by atoms with E-state index in [1.807, 2.05) is 18.2 Å². The number of carbonyl (C=O) groups is 2. The number of esters is 1. The van der Waals surface area contributed by atoms with Gasteiger partial charge < -0.3 is 0 Å². The fraction of sp³-hybridized carbons (Fsp3) is 0.579. The van der Waals surface area contributed by atoms with Crippen LogP contribution in [0.4, 0.5) is 0 Å². The quantitative estimate of drug-likeness (QED) is 0.382. The maximum absolute atomic E-state index is 12.7. The molecule has 0 aromatic heterocycles. The van der Waals surface area contributed by atoms with Gasteiger partial charge in [0.2, 0.25) is 0 Å². The number of hydrogen-bond donors (Lipinski definition) is 0. The predicted octanol–water partition coefficient (Wildman–Crippen LogP) is 2.89. The van der Waals surface area contributed by atoms with E-state index in [0.29, 0.717) is 19.3 Å². The van der Waals surface area contributed by atoms with Crippen molar-refractivity contribution >= 4 is 39.5 Å². The van der Waals surface area contributed by atoms with Crippen molar-refractivity contribution in [1.82, 2.24) is 0 Å². The fourth-order valence-electron chi connectivity index (χ4n) is 3.24. The van der Waals surface area contributed by atoms with Crippen LogP contribution in [-0.4, -0.2) is 47.1 Å². The standard InChI is InChI=1S/C19H28O4SeSi/c1-22-18(21)19(13-9-8-12-16(19)20)14-17(23-25(2,3)4)24-15-10-6-5-7-11-15/h5-7,10-11,17H,8-9,12-14H2,1-4H3. The molecule has 0 saturated heterocycles. The summed E-state index contributed by atoms with van der Waals surface area (Å²) in [6, 6.07) is 10.2. The molecule has 6 heteroatoms. The van der Waals surface area contributed by atoms with Crippen LogP contribution in [0.3, 0.4) is 0 Å². The van der Waals surface area contributed by atoms with E-state index in [4.69, 9.17) is 9.16 Å². The summed E-state index contributed by atoms with van der Waals surface area (Å²) in [5.74, 6) is -0.358. The molecule has 4 nitrogen and oxygen atoms in total. The van der Waals surface area contributed by atoms with Gasteiger partial charge in [-0.1, -0.05) is 0 Å². The van der Waals surface area contributed by atoms with Crippen molar-refractivity contribution in [2.45, 2.75) is 56.7 Å². The van der Waals surface area contributed by atoms with E-state index < -0.39 is 13.7 Å². The minimum absolute atomic E-state index is 0.0265. The predicted molar refractivity (Wildman–Crippen MR) is 103 cm³/mol. The van der Waals surface area contributed by atoms with Crippen LogP contribution >= 0.6 is 0 Å².